The van der Waals surface area contributed by atoms with Gasteiger partial charge in [-0.1, -0.05) is 12.1 Å². The van der Waals surface area contributed by atoms with Crippen LogP contribution in [0.15, 0.2) is 34.9 Å². The molecule has 0 saturated carbocycles. The number of hydrogen-bond acceptors (Lipinski definition) is 7. The SMILES string of the molecule is CC1(C)NC(=O)N(CCNc2ncc(Br)c(-c3nc4ccccc4s3)n2)C1=O. The molecule has 1 aliphatic heterocycles. The van der Waals surface area contributed by atoms with Crippen molar-refractivity contribution in [2.24, 2.45) is 0 Å². The Hall–Kier alpha value is -2.59. The number of para-hydroxylation sites is 1. The third kappa shape index (κ3) is 3.45. The number of fused-ring (bicyclic) bond motifs is 1. The molecule has 4 rings (SSSR count). The van der Waals surface area contributed by atoms with Crippen LogP contribution in [0.5, 0.6) is 0 Å². The first-order chi connectivity index (χ1) is 13.3. The first-order valence-electron chi connectivity index (χ1n) is 8.61. The van der Waals surface area contributed by atoms with Crippen LogP contribution in [-0.4, -0.2) is 50.4 Å². The highest BCUT2D eigenvalue weighted by molar-refractivity contribution is 9.10. The molecule has 3 aromatic rings. The summed E-state index contributed by atoms with van der Waals surface area (Å²) in [5, 5.41) is 6.52. The highest BCUT2D eigenvalue weighted by atomic mass is 79.9. The van der Waals surface area contributed by atoms with Gasteiger partial charge in [0.05, 0.1) is 14.7 Å². The maximum atomic E-state index is 12.2. The molecule has 2 aromatic heterocycles. The lowest BCUT2D eigenvalue weighted by atomic mass is 10.1. The smallest absolute Gasteiger partial charge is 0.325 e. The number of halogens is 1. The molecule has 10 heteroatoms. The molecule has 0 aliphatic carbocycles. The van der Waals surface area contributed by atoms with E-state index in [9.17, 15) is 9.59 Å². The molecule has 3 amide bonds. The van der Waals surface area contributed by atoms with Crippen molar-refractivity contribution in [3.05, 3.63) is 34.9 Å². The van der Waals surface area contributed by atoms with Gasteiger partial charge in [0.1, 0.15) is 16.2 Å². The largest absolute Gasteiger partial charge is 0.352 e. The van der Waals surface area contributed by atoms with Gasteiger partial charge in [0.15, 0.2) is 0 Å². The lowest BCUT2D eigenvalue weighted by Crippen LogP contribution is -2.40. The van der Waals surface area contributed by atoms with Crippen LogP contribution in [0, 0.1) is 0 Å². The average Bonchev–Trinajstić information content (AvgIpc) is 3.16. The summed E-state index contributed by atoms with van der Waals surface area (Å²) in [5.41, 5.74) is 0.740. The minimum atomic E-state index is -0.870. The second-order valence-electron chi connectivity index (χ2n) is 6.82. The molecule has 1 fully saturated rings. The predicted octanol–water partition coefficient (Wildman–Crippen LogP) is 3.26. The fourth-order valence-electron chi connectivity index (χ4n) is 2.88. The molecule has 2 N–H and O–H groups in total. The molecule has 0 radical (unpaired) electrons. The third-order valence-electron chi connectivity index (χ3n) is 4.30. The van der Waals surface area contributed by atoms with Crippen LogP contribution in [0.4, 0.5) is 10.7 Å². The number of amides is 3. The Balaban J connectivity index is 1.48. The molecular weight excluding hydrogens is 444 g/mol. The molecular formula is C18H17BrN6O2S. The predicted molar refractivity (Wildman–Crippen MR) is 111 cm³/mol. The van der Waals surface area contributed by atoms with Crippen molar-refractivity contribution >= 4 is 55.4 Å². The molecule has 0 spiro atoms. The highest BCUT2D eigenvalue weighted by Crippen LogP contribution is 2.33. The van der Waals surface area contributed by atoms with Gasteiger partial charge in [-0.25, -0.2) is 19.7 Å². The molecule has 3 heterocycles. The van der Waals surface area contributed by atoms with Crippen LogP contribution in [0.25, 0.3) is 20.9 Å². The molecule has 8 nitrogen and oxygen atoms in total. The average molecular weight is 461 g/mol. The number of rotatable bonds is 5. The molecule has 28 heavy (non-hydrogen) atoms. The second kappa shape index (κ2) is 7.10. The first kappa shape index (κ1) is 18.8. The van der Waals surface area contributed by atoms with E-state index in [0.717, 1.165) is 19.7 Å². The molecule has 0 bridgehead atoms. The zero-order valence-corrected chi connectivity index (χ0v) is 17.6. The van der Waals surface area contributed by atoms with Gasteiger partial charge in [0.2, 0.25) is 5.95 Å². The van der Waals surface area contributed by atoms with Crippen molar-refractivity contribution in [1.29, 1.82) is 0 Å². The minimum Gasteiger partial charge on any atom is -0.352 e. The molecule has 1 saturated heterocycles. The van der Waals surface area contributed by atoms with Gasteiger partial charge in [0.25, 0.3) is 5.91 Å². The number of nitrogens with one attached hydrogen (secondary N) is 2. The topological polar surface area (TPSA) is 100 Å². The number of hydrogen-bond donors (Lipinski definition) is 2. The Morgan fingerprint density at radius 2 is 2.04 bits per heavy atom. The summed E-state index contributed by atoms with van der Waals surface area (Å²) in [5.74, 6) is 0.162. The summed E-state index contributed by atoms with van der Waals surface area (Å²) in [7, 11) is 0. The lowest BCUT2D eigenvalue weighted by Gasteiger charge is -2.16. The number of carbonyl (C=O) groups excluding carboxylic acids is 2. The Kier molecular flexibility index (Phi) is 4.76. The molecule has 1 aliphatic rings. The van der Waals surface area contributed by atoms with Crippen LogP contribution in [0.2, 0.25) is 0 Å². The van der Waals surface area contributed by atoms with E-state index in [1.54, 1.807) is 31.4 Å². The van der Waals surface area contributed by atoms with E-state index in [1.165, 1.54) is 4.90 Å². The van der Waals surface area contributed by atoms with Gasteiger partial charge >= 0.3 is 6.03 Å². The Bertz CT molecular complexity index is 1050. The van der Waals surface area contributed by atoms with Crippen LogP contribution in [-0.2, 0) is 4.79 Å². The standard InChI is InChI=1S/C18H17BrN6O2S/c1-18(2)15(26)25(17(27)24-18)8-7-20-16-21-9-10(19)13(23-16)14-22-11-5-3-4-6-12(11)28-14/h3-6,9H,7-8H2,1-2H3,(H,24,27)(H,20,21,23). The van der Waals surface area contributed by atoms with Gasteiger partial charge in [-0.2, -0.15) is 0 Å². The fraction of sp³-hybridized carbons (Fsp3) is 0.278. The summed E-state index contributed by atoms with van der Waals surface area (Å²) >= 11 is 5.04. The van der Waals surface area contributed by atoms with Gasteiger partial charge < -0.3 is 10.6 Å². The molecule has 144 valence electrons. The van der Waals surface area contributed by atoms with E-state index in [-0.39, 0.29) is 18.5 Å². The van der Waals surface area contributed by atoms with Crippen molar-refractivity contribution in [3.8, 4) is 10.7 Å². The van der Waals surface area contributed by atoms with Crippen molar-refractivity contribution in [2.45, 2.75) is 19.4 Å². The van der Waals surface area contributed by atoms with Crippen LogP contribution < -0.4 is 10.6 Å². The minimum absolute atomic E-state index is 0.226. The number of urea groups is 1. The van der Waals surface area contributed by atoms with Gasteiger partial charge in [0, 0.05) is 19.3 Å². The van der Waals surface area contributed by atoms with Crippen molar-refractivity contribution in [1.82, 2.24) is 25.2 Å². The number of anilines is 1. The fourth-order valence-corrected chi connectivity index (χ4v) is 4.36. The van der Waals surface area contributed by atoms with Crippen LogP contribution in [0.1, 0.15) is 13.8 Å². The lowest BCUT2D eigenvalue weighted by molar-refractivity contribution is -0.130. The van der Waals surface area contributed by atoms with E-state index < -0.39 is 5.54 Å². The van der Waals surface area contributed by atoms with Gasteiger partial charge in [-0.05, 0) is 41.9 Å². The van der Waals surface area contributed by atoms with Crippen molar-refractivity contribution in [2.75, 3.05) is 18.4 Å². The van der Waals surface area contributed by atoms with Crippen molar-refractivity contribution in [3.63, 3.8) is 0 Å². The number of thiazole rings is 1. The molecule has 1 aromatic carbocycles. The second-order valence-corrected chi connectivity index (χ2v) is 8.70. The zero-order valence-electron chi connectivity index (χ0n) is 15.2. The zero-order chi connectivity index (χ0) is 19.9. The maximum Gasteiger partial charge on any atom is 0.325 e. The van der Waals surface area contributed by atoms with Crippen LogP contribution in [0.3, 0.4) is 0 Å². The van der Waals surface area contributed by atoms with E-state index in [0.29, 0.717) is 18.2 Å². The van der Waals surface area contributed by atoms with E-state index in [1.807, 2.05) is 24.3 Å². The summed E-state index contributed by atoms with van der Waals surface area (Å²) in [6.07, 6.45) is 1.66. The van der Waals surface area contributed by atoms with Gasteiger partial charge in [-0.3, -0.25) is 9.69 Å². The summed E-state index contributed by atoms with van der Waals surface area (Å²) in [6, 6.07) is 7.52. The molecule has 0 unspecified atom stereocenters. The van der Waals surface area contributed by atoms with E-state index >= 15 is 0 Å². The van der Waals surface area contributed by atoms with Crippen LogP contribution >= 0.6 is 27.3 Å². The Labute approximate surface area is 173 Å². The number of imide groups is 1. The van der Waals surface area contributed by atoms with Crippen molar-refractivity contribution < 1.29 is 9.59 Å². The first-order valence-corrected chi connectivity index (χ1v) is 10.2. The maximum absolute atomic E-state index is 12.2. The summed E-state index contributed by atoms with van der Waals surface area (Å²) in [4.78, 5) is 38.8. The van der Waals surface area contributed by atoms with E-state index in [4.69, 9.17) is 0 Å². The number of aromatic nitrogens is 3. The quantitative estimate of drug-likeness (QED) is 0.566. The number of nitrogens with zero attached hydrogens (tertiary/aromatic N) is 4. The summed E-state index contributed by atoms with van der Waals surface area (Å²) in [6.45, 7) is 3.94. The number of benzene rings is 1. The van der Waals surface area contributed by atoms with Gasteiger partial charge in [-0.15, -0.1) is 11.3 Å². The summed E-state index contributed by atoms with van der Waals surface area (Å²) < 4.78 is 1.83. The monoisotopic (exact) mass is 460 g/mol. The Morgan fingerprint density at radius 1 is 1.25 bits per heavy atom. The third-order valence-corrected chi connectivity index (χ3v) is 5.93. The molecule has 0 atom stereocenters. The highest BCUT2D eigenvalue weighted by Gasteiger charge is 2.43. The normalized spacial score (nSPS) is 15.9. The number of carbonyl (C=O) groups is 2. The van der Waals surface area contributed by atoms with E-state index in [2.05, 4.69) is 41.5 Å². The Morgan fingerprint density at radius 3 is 2.75 bits per heavy atom.